The van der Waals surface area contributed by atoms with Gasteiger partial charge in [-0.05, 0) is 24.6 Å². The molecule has 1 aromatic carbocycles. The molecule has 0 aliphatic rings. The molecule has 0 saturated carbocycles. The number of imidazole rings is 1. The Kier molecular flexibility index (Phi) is 3.74. The smallest absolute Gasteiger partial charge is 0.309 e. The fourth-order valence-corrected chi connectivity index (χ4v) is 2.26. The lowest BCUT2D eigenvalue weighted by atomic mass is 10.1. The van der Waals surface area contributed by atoms with Crippen LogP contribution in [-0.4, -0.2) is 30.7 Å². The first kappa shape index (κ1) is 13.8. The molecule has 2 aromatic rings. The van der Waals surface area contributed by atoms with Gasteiger partial charge in [-0.2, -0.15) is 0 Å². The number of fused-ring (bicyclic) bond motifs is 1. The minimum Gasteiger partial charge on any atom is -0.309 e. The first-order valence-corrected chi connectivity index (χ1v) is 7.52. The topological polar surface area (TPSA) is 121 Å². The van der Waals surface area contributed by atoms with E-state index in [2.05, 4.69) is 15.3 Å². The normalized spacial score (nSPS) is 13.8. The molecule has 0 saturated heterocycles. The third-order valence-electron chi connectivity index (χ3n) is 2.88. The number of nitrogens with one attached hydrogen (secondary N) is 3. The second kappa shape index (κ2) is 5.16. The van der Waals surface area contributed by atoms with Crippen molar-refractivity contribution in [3.63, 3.8) is 0 Å². The Bertz CT molecular complexity index is 732. The standard InChI is InChI=1S/C11H16N4O3S/c1-7(13-4-5-19(12,17)18)8-2-3-9-10(6-8)15-11(16)14-9/h2-3,6-7,13H,4-5H2,1H3,(H2,12,17,18)(H2,14,15,16). The molecule has 0 bridgehead atoms. The summed E-state index contributed by atoms with van der Waals surface area (Å²) >= 11 is 0. The van der Waals surface area contributed by atoms with E-state index in [4.69, 9.17) is 5.14 Å². The van der Waals surface area contributed by atoms with Crippen LogP contribution in [0.2, 0.25) is 0 Å². The number of H-pyrrole nitrogens is 2. The molecule has 0 radical (unpaired) electrons. The molecular weight excluding hydrogens is 268 g/mol. The van der Waals surface area contributed by atoms with Crippen molar-refractivity contribution in [3.05, 3.63) is 34.2 Å². The van der Waals surface area contributed by atoms with Crippen molar-refractivity contribution in [1.82, 2.24) is 15.3 Å². The van der Waals surface area contributed by atoms with E-state index in [9.17, 15) is 13.2 Å². The summed E-state index contributed by atoms with van der Waals surface area (Å²) in [5.41, 5.74) is 2.17. The number of rotatable bonds is 5. The summed E-state index contributed by atoms with van der Waals surface area (Å²) < 4.78 is 21.6. The number of benzene rings is 1. The average molecular weight is 284 g/mol. The molecular formula is C11H16N4O3S. The molecule has 5 N–H and O–H groups in total. The first-order valence-electron chi connectivity index (χ1n) is 5.81. The highest BCUT2D eigenvalue weighted by atomic mass is 32.2. The molecule has 8 heteroatoms. The summed E-state index contributed by atoms with van der Waals surface area (Å²) in [6.45, 7) is 2.19. The van der Waals surface area contributed by atoms with Gasteiger partial charge < -0.3 is 15.3 Å². The second-order valence-corrected chi connectivity index (χ2v) is 6.16. The highest BCUT2D eigenvalue weighted by Gasteiger charge is 2.08. The van der Waals surface area contributed by atoms with Crippen molar-refractivity contribution >= 4 is 21.1 Å². The Morgan fingerprint density at radius 2 is 2.00 bits per heavy atom. The minimum absolute atomic E-state index is 0.0375. The van der Waals surface area contributed by atoms with Gasteiger partial charge in [-0.25, -0.2) is 18.4 Å². The lowest BCUT2D eigenvalue weighted by Gasteiger charge is -2.13. The van der Waals surface area contributed by atoms with Crippen molar-refractivity contribution in [1.29, 1.82) is 0 Å². The predicted octanol–water partition coefficient (Wildman–Crippen LogP) is -0.205. The van der Waals surface area contributed by atoms with E-state index in [1.807, 2.05) is 19.1 Å². The van der Waals surface area contributed by atoms with Crippen LogP contribution in [-0.2, 0) is 10.0 Å². The summed E-state index contributed by atoms with van der Waals surface area (Å²) in [7, 11) is -3.45. The first-order chi connectivity index (χ1) is 8.85. The van der Waals surface area contributed by atoms with Gasteiger partial charge in [0.05, 0.1) is 16.8 Å². The molecule has 2 rings (SSSR count). The largest absolute Gasteiger partial charge is 0.323 e. The molecule has 19 heavy (non-hydrogen) atoms. The Balaban J connectivity index is 2.08. The minimum atomic E-state index is -3.45. The summed E-state index contributed by atoms with van der Waals surface area (Å²) in [6.07, 6.45) is 0. The van der Waals surface area contributed by atoms with Crippen molar-refractivity contribution in [3.8, 4) is 0 Å². The summed E-state index contributed by atoms with van der Waals surface area (Å²) in [5, 5.41) is 7.99. The van der Waals surface area contributed by atoms with Crippen LogP contribution in [0.4, 0.5) is 0 Å². The van der Waals surface area contributed by atoms with Gasteiger partial charge in [0.15, 0.2) is 0 Å². The maximum atomic E-state index is 11.1. The van der Waals surface area contributed by atoms with E-state index in [0.29, 0.717) is 0 Å². The molecule has 1 aromatic heterocycles. The van der Waals surface area contributed by atoms with E-state index in [0.717, 1.165) is 16.6 Å². The number of primary sulfonamides is 1. The monoisotopic (exact) mass is 284 g/mol. The molecule has 1 unspecified atom stereocenters. The molecule has 1 heterocycles. The third-order valence-corrected chi connectivity index (χ3v) is 3.65. The molecule has 0 fully saturated rings. The number of aromatic amines is 2. The Hall–Kier alpha value is -1.64. The third kappa shape index (κ3) is 3.66. The number of hydrogen-bond donors (Lipinski definition) is 4. The summed E-state index contributed by atoms with van der Waals surface area (Å²) in [5.74, 6) is -0.111. The zero-order valence-electron chi connectivity index (χ0n) is 10.4. The number of aromatic nitrogens is 2. The van der Waals surface area contributed by atoms with E-state index in [-0.39, 0.29) is 24.0 Å². The van der Waals surface area contributed by atoms with Crippen molar-refractivity contribution in [2.75, 3.05) is 12.3 Å². The van der Waals surface area contributed by atoms with Gasteiger partial charge in [0.2, 0.25) is 10.0 Å². The molecule has 0 aliphatic heterocycles. The van der Waals surface area contributed by atoms with Crippen LogP contribution in [0, 0.1) is 0 Å². The number of nitrogens with two attached hydrogens (primary N) is 1. The van der Waals surface area contributed by atoms with Crippen molar-refractivity contribution < 1.29 is 8.42 Å². The highest BCUT2D eigenvalue weighted by molar-refractivity contribution is 7.89. The Morgan fingerprint density at radius 3 is 2.68 bits per heavy atom. The van der Waals surface area contributed by atoms with E-state index in [1.165, 1.54) is 0 Å². The van der Waals surface area contributed by atoms with Crippen LogP contribution in [0.15, 0.2) is 23.0 Å². The fourth-order valence-electron chi connectivity index (χ4n) is 1.86. The van der Waals surface area contributed by atoms with Gasteiger partial charge in [0.1, 0.15) is 0 Å². The van der Waals surface area contributed by atoms with Crippen LogP contribution in [0.1, 0.15) is 18.5 Å². The van der Waals surface area contributed by atoms with Gasteiger partial charge >= 0.3 is 5.69 Å². The number of hydrogen-bond acceptors (Lipinski definition) is 4. The second-order valence-electron chi connectivity index (χ2n) is 4.43. The zero-order chi connectivity index (χ0) is 14.0. The fraction of sp³-hybridized carbons (Fsp3) is 0.364. The Labute approximate surface area is 110 Å². The van der Waals surface area contributed by atoms with Gasteiger partial charge in [-0.3, -0.25) is 0 Å². The predicted molar refractivity (Wildman–Crippen MR) is 73.3 cm³/mol. The van der Waals surface area contributed by atoms with Gasteiger partial charge in [0, 0.05) is 12.6 Å². The molecule has 0 spiro atoms. The molecule has 0 aliphatic carbocycles. The molecule has 0 amide bonds. The maximum absolute atomic E-state index is 11.1. The number of sulfonamides is 1. The van der Waals surface area contributed by atoms with Gasteiger partial charge in [-0.15, -0.1) is 0 Å². The average Bonchev–Trinajstić information content (AvgIpc) is 2.65. The van der Waals surface area contributed by atoms with Crippen LogP contribution in [0.5, 0.6) is 0 Å². The van der Waals surface area contributed by atoms with Gasteiger partial charge in [-0.1, -0.05) is 6.07 Å². The van der Waals surface area contributed by atoms with E-state index in [1.54, 1.807) is 6.07 Å². The SMILES string of the molecule is CC(NCCS(N)(=O)=O)c1ccc2[nH]c(=O)[nH]c2c1. The van der Waals surface area contributed by atoms with Crippen molar-refractivity contribution in [2.45, 2.75) is 13.0 Å². The lowest BCUT2D eigenvalue weighted by Crippen LogP contribution is -2.28. The summed E-state index contributed by atoms with van der Waals surface area (Å²) in [6, 6.07) is 5.49. The summed E-state index contributed by atoms with van der Waals surface area (Å²) in [4.78, 5) is 16.5. The van der Waals surface area contributed by atoms with Crippen LogP contribution >= 0.6 is 0 Å². The lowest BCUT2D eigenvalue weighted by molar-refractivity contribution is 0.573. The van der Waals surface area contributed by atoms with E-state index < -0.39 is 10.0 Å². The molecule has 104 valence electrons. The van der Waals surface area contributed by atoms with Crippen LogP contribution in [0.3, 0.4) is 0 Å². The molecule has 7 nitrogen and oxygen atoms in total. The van der Waals surface area contributed by atoms with Gasteiger partial charge in [0.25, 0.3) is 0 Å². The van der Waals surface area contributed by atoms with Crippen molar-refractivity contribution in [2.24, 2.45) is 5.14 Å². The molecule has 1 atom stereocenters. The quantitative estimate of drug-likeness (QED) is 0.607. The highest BCUT2D eigenvalue weighted by Crippen LogP contribution is 2.16. The van der Waals surface area contributed by atoms with Crippen LogP contribution in [0.25, 0.3) is 11.0 Å². The Morgan fingerprint density at radius 1 is 1.32 bits per heavy atom. The maximum Gasteiger partial charge on any atom is 0.323 e. The zero-order valence-corrected chi connectivity index (χ0v) is 11.3. The van der Waals surface area contributed by atoms with Crippen LogP contribution < -0.4 is 16.1 Å². The van der Waals surface area contributed by atoms with E-state index >= 15 is 0 Å².